The fourth-order valence-electron chi connectivity index (χ4n) is 23.7. The SMILES string of the molecule is c1ccc(-n2c3ccccc3c3c4c5cc(-n6c7ccccc7c7ccccc76)ccc5n(-c5ccccc5)c4ccc32)cc1.c1ccc(-n2c3ccccc3c3c4c5ccc(-n6c7ccccc7c7ccccc76)cc5n(-c5ccccc5)c4ccc32)cc1.c1ccc(-n2c3ccccc3c3cc(-c4ccc5c6c7c8ccccc8n(-c8ccccc8)c7ccc6n(-c6ccccc6)c5c4)ccc32)cc1. The molecule has 141 heavy (non-hydrogen) atoms. The van der Waals surface area contributed by atoms with Gasteiger partial charge in [-0.25, -0.2) is 0 Å². The highest BCUT2D eigenvalue weighted by Crippen LogP contribution is 2.50. The van der Waals surface area contributed by atoms with Crippen molar-refractivity contribution in [3.8, 4) is 62.3 Å². The average Bonchev–Trinajstić information content (AvgIpc) is 1.54. The summed E-state index contributed by atoms with van der Waals surface area (Å²) in [5.41, 5.74) is 34.7. The van der Waals surface area contributed by atoms with Gasteiger partial charge >= 0.3 is 0 Å². The lowest BCUT2D eigenvalue weighted by molar-refractivity contribution is 1.15. The van der Waals surface area contributed by atoms with E-state index in [0.717, 1.165) is 28.4 Å². The summed E-state index contributed by atoms with van der Waals surface area (Å²) in [5.74, 6) is 0. The molecule has 0 unspecified atom stereocenters. The minimum atomic E-state index is 1.15. The molecular weight excluding hydrogens is 1710 g/mol. The lowest BCUT2D eigenvalue weighted by Crippen LogP contribution is -1.96. The van der Waals surface area contributed by atoms with E-state index >= 15 is 0 Å². The van der Waals surface area contributed by atoms with E-state index in [4.69, 9.17) is 0 Å². The Hall–Kier alpha value is -19.0. The molecule has 0 N–H and O–H groups in total. The number of hydrogen-bond donors (Lipinski definition) is 0. The first kappa shape index (κ1) is 79.4. The van der Waals surface area contributed by atoms with Crippen LogP contribution in [-0.4, -0.2) is 41.1 Å². The van der Waals surface area contributed by atoms with Crippen molar-refractivity contribution in [1.82, 2.24) is 41.1 Å². The maximum atomic E-state index is 2.45. The third kappa shape index (κ3) is 12.1. The van der Waals surface area contributed by atoms with Crippen LogP contribution in [0.3, 0.4) is 0 Å². The third-order valence-electron chi connectivity index (χ3n) is 29.4. The quantitative estimate of drug-likeness (QED) is 0.131. The fraction of sp³-hybridized carbons (Fsp3) is 0. The van der Waals surface area contributed by atoms with Crippen molar-refractivity contribution in [2.24, 2.45) is 0 Å². The lowest BCUT2D eigenvalue weighted by Gasteiger charge is -2.11. The normalized spacial score (nSPS) is 12.0. The second-order valence-electron chi connectivity index (χ2n) is 36.9. The van der Waals surface area contributed by atoms with E-state index in [1.54, 1.807) is 0 Å². The highest BCUT2D eigenvalue weighted by molar-refractivity contribution is 6.33. The van der Waals surface area contributed by atoms with E-state index < -0.39 is 0 Å². The van der Waals surface area contributed by atoms with Crippen LogP contribution in [0.25, 0.3) is 259 Å². The van der Waals surface area contributed by atoms with Crippen LogP contribution in [-0.2, 0) is 0 Å². The second kappa shape index (κ2) is 31.8. The van der Waals surface area contributed by atoms with Gasteiger partial charge in [0.25, 0.3) is 0 Å². The summed E-state index contributed by atoms with van der Waals surface area (Å²) in [6.45, 7) is 0. The Labute approximate surface area is 809 Å². The van der Waals surface area contributed by atoms with Gasteiger partial charge in [0.05, 0.1) is 99.3 Å². The maximum absolute atomic E-state index is 2.45. The summed E-state index contributed by atoms with van der Waals surface area (Å²) in [6.07, 6.45) is 0. The van der Waals surface area contributed by atoms with E-state index in [0.29, 0.717) is 0 Å². The highest BCUT2D eigenvalue weighted by Gasteiger charge is 2.28. The summed E-state index contributed by atoms with van der Waals surface area (Å²) in [6, 6.07) is 187. The summed E-state index contributed by atoms with van der Waals surface area (Å²) in [5, 5.41) is 22.8. The van der Waals surface area contributed by atoms with Gasteiger partial charge < -0.3 is 41.1 Å². The van der Waals surface area contributed by atoms with Crippen LogP contribution in [0, 0.1) is 0 Å². The molecular formula is C132H85N9. The van der Waals surface area contributed by atoms with Crippen molar-refractivity contribution in [2.75, 3.05) is 0 Å². The van der Waals surface area contributed by atoms with Crippen molar-refractivity contribution in [3.05, 3.63) is 516 Å². The zero-order valence-corrected chi connectivity index (χ0v) is 76.6. The molecule has 0 bridgehead atoms. The highest BCUT2D eigenvalue weighted by atomic mass is 15.1. The van der Waals surface area contributed by atoms with Crippen molar-refractivity contribution in [2.45, 2.75) is 0 Å². The predicted octanol–water partition coefficient (Wildman–Crippen LogP) is 34.6. The molecule has 0 fully saturated rings. The van der Waals surface area contributed by atoms with Gasteiger partial charge in [-0.05, 0) is 230 Å². The number of benzene rings is 22. The Morgan fingerprint density at radius 1 is 0.0851 bits per heavy atom. The average molecular weight is 1800 g/mol. The molecule has 31 aromatic rings. The number of nitrogens with zero attached hydrogens (tertiary/aromatic N) is 9. The number of rotatable bonds is 10. The first-order valence-corrected chi connectivity index (χ1v) is 48.5. The first-order valence-electron chi connectivity index (χ1n) is 48.5. The molecule has 0 spiro atoms. The van der Waals surface area contributed by atoms with Crippen LogP contribution >= 0.6 is 0 Å². The van der Waals surface area contributed by atoms with Gasteiger partial charge in [0.15, 0.2) is 0 Å². The zero-order valence-electron chi connectivity index (χ0n) is 76.6. The van der Waals surface area contributed by atoms with Crippen molar-refractivity contribution >= 4 is 196 Å². The Kier molecular flexibility index (Phi) is 17.9. The number of fused-ring (bicyclic) bond motifs is 30. The van der Waals surface area contributed by atoms with Crippen LogP contribution in [0.1, 0.15) is 0 Å². The molecule has 31 rings (SSSR count). The van der Waals surface area contributed by atoms with Crippen molar-refractivity contribution in [3.63, 3.8) is 0 Å². The molecule has 0 aliphatic rings. The zero-order chi connectivity index (χ0) is 92.4. The molecule has 9 aromatic heterocycles. The van der Waals surface area contributed by atoms with Gasteiger partial charge in [-0.2, -0.15) is 0 Å². The van der Waals surface area contributed by atoms with Crippen LogP contribution < -0.4 is 0 Å². The molecule has 0 saturated carbocycles. The molecule has 0 amide bonds. The van der Waals surface area contributed by atoms with Gasteiger partial charge in [0, 0.05) is 148 Å². The molecule has 9 nitrogen and oxygen atoms in total. The van der Waals surface area contributed by atoms with E-state index in [1.807, 2.05) is 0 Å². The molecule has 658 valence electrons. The second-order valence-corrected chi connectivity index (χ2v) is 36.9. The maximum Gasteiger partial charge on any atom is 0.0562 e. The molecule has 0 aliphatic heterocycles. The molecule has 0 radical (unpaired) electrons. The summed E-state index contributed by atoms with van der Waals surface area (Å²) in [4.78, 5) is 0. The Morgan fingerprint density at radius 3 is 0.582 bits per heavy atom. The molecule has 22 aromatic carbocycles. The number of para-hydroxylation sites is 15. The van der Waals surface area contributed by atoms with Crippen LogP contribution in [0.15, 0.2) is 516 Å². The Morgan fingerprint density at radius 2 is 0.262 bits per heavy atom. The van der Waals surface area contributed by atoms with Gasteiger partial charge in [-0.3, -0.25) is 0 Å². The largest absolute Gasteiger partial charge is 0.309 e. The van der Waals surface area contributed by atoms with E-state index in [2.05, 4.69) is 557 Å². The van der Waals surface area contributed by atoms with E-state index in [-0.39, 0.29) is 0 Å². The predicted molar refractivity (Wildman–Crippen MR) is 594 cm³/mol. The van der Waals surface area contributed by atoms with Crippen LogP contribution in [0.4, 0.5) is 0 Å². The third-order valence-corrected chi connectivity index (χ3v) is 29.4. The van der Waals surface area contributed by atoms with Crippen LogP contribution in [0.2, 0.25) is 0 Å². The minimum Gasteiger partial charge on any atom is -0.309 e. The van der Waals surface area contributed by atoms with E-state index in [1.165, 1.54) is 230 Å². The summed E-state index contributed by atoms with van der Waals surface area (Å²) >= 11 is 0. The van der Waals surface area contributed by atoms with Gasteiger partial charge in [-0.1, -0.05) is 297 Å². The molecule has 9 heteroatoms. The topological polar surface area (TPSA) is 44.4 Å². The standard InChI is InChI=1S/C48H31N3.2C42H27N3/c1-4-14-34(15-5-1)49-41-22-12-10-20-37(41)40-30-32(25-27-43(40)49)33-24-26-39-46(31-33)51(36-18-8-3-9-19-36)45-29-28-44-47(48(39)45)38-21-11-13-23-42(38)50(44)35-16-6-2-7-17-35;1-3-13-28(14-4-1)43-37-22-12-9-19-33(37)41-39(43)25-26-40-42(41)34-27-30(23-24-38(34)44(40)29-15-5-2-6-16-29)45-35-20-10-7-17-31(35)32-18-8-11-21-36(32)45;1-3-13-28(14-4-1)43-37-22-12-9-19-33(37)41-38(43)25-26-39-42(41)34-24-23-30(27-40(34)44(39)29-15-5-2-6-16-29)45-35-20-10-7-17-31(35)32-18-8-11-21-36(32)45/h1-31H;2*1-27H. The lowest BCUT2D eigenvalue weighted by atomic mass is 10.00. The molecule has 9 heterocycles. The molecule has 0 atom stereocenters. The van der Waals surface area contributed by atoms with Gasteiger partial charge in [0.2, 0.25) is 0 Å². The van der Waals surface area contributed by atoms with Crippen molar-refractivity contribution in [1.29, 1.82) is 0 Å². The van der Waals surface area contributed by atoms with E-state index in [9.17, 15) is 0 Å². The Balaban J connectivity index is 0.000000102. The molecule has 0 saturated heterocycles. The van der Waals surface area contributed by atoms with Crippen LogP contribution in [0.5, 0.6) is 0 Å². The molecule has 0 aliphatic carbocycles. The summed E-state index contributed by atoms with van der Waals surface area (Å²) in [7, 11) is 0. The van der Waals surface area contributed by atoms with Gasteiger partial charge in [0.1, 0.15) is 0 Å². The van der Waals surface area contributed by atoms with Gasteiger partial charge in [-0.15, -0.1) is 0 Å². The summed E-state index contributed by atoms with van der Waals surface area (Å²) < 4.78 is 21.7. The number of hydrogen-bond acceptors (Lipinski definition) is 0. The Bertz CT molecular complexity index is 10400. The first-order chi connectivity index (χ1) is 70.1. The van der Waals surface area contributed by atoms with Crippen molar-refractivity contribution < 1.29 is 0 Å². The smallest absolute Gasteiger partial charge is 0.0562 e. The minimum absolute atomic E-state index is 1.15. The fourth-order valence-corrected chi connectivity index (χ4v) is 23.7. The number of aromatic nitrogens is 9. The monoisotopic (exact) mass is 1800 g/mol.